The second-order valence-corrected chi connectivity index (χ2v) is 7.45. The maximum atomic E-state index is 12.0. The van der Waals surface area contributed by atoms with Gasteiger partial charge in [-0.05, 0) is 43.1 Å². The van der Waals surface area contributed by atoms with Gasteiger partial charge in [0, 0.05) is 12.8 Å². The van der Waals surface area contributed by atoms with Crippen molar-refractivity contribution in [2.75, 3.05) is 7.11 Å². The minimum absolute atomic E-state index is 0.114. The van der Waals surface area contributed by atoms with Gasteiger partial charge in [-0.15, -0.1) is 0 Å². The lowest BCUT2D eigenvalue weighted by Crippen LogP contribution is -2.54. The second kappa shape index (κ2) is 6.05. The largest absolute Gasteiger partial charge is 0.469 e. The molecule has 4 heteroatoms. The highest BCUT2D eigenvalue weighted by molar-refractivity contribution is 5.74. The number of ether oxygens (including phenoxy) is 2. The first-order chi connectivity index (χ1) is 10.2. The molecule has 0 heterocycles. The lowest BCUT2D eigenvalue weighted by atomic mass is 9.54. The van der Waals surface area contributed by atoms with Crippen molar-refractivity contribution >= 4 is 11.9 Å². The highest BCUT2D eigenvalue weighted by atomic mass is 16.6. The van der Waals surface area contributed by atoms with E-state index < -0.39 is 5.60 Å². The van der Waals surface area contributed by atoms with Gasteiger partial charge in [0.2, 0.25) is 0 Å². The quantitative estimate of drug-likeness (QED) is 0.590. The topological polar surface area (TPSA) is 52.6 Å². The van der Waals surface area contributed by atoms with Crippen molar-refractivity contribution in [3.8, 4) is 0 Å². The fraction of sp³-hybridized carbons (Fsp3) is 0.778. The van der Waals surface area contributed by atoms with Crippen molar-refractivity contribution < 1.29 is 19.1 Å². The molecule has 4 nitrogen and oxygen atoms in total. The molecule has 0 aromatic carbocycles. The van der Waals surface area contributed by atoms with Crippen LogP contribution in [0.2, 0.25) is 0 Å². The van der Waals surface area contributed by atoms with Gasteiger partial charge in [-0.2, -0.15) is 0 Å². The van der Waals surface area contributed by atoms with E-state index in [0.717, 1.165) is 24.8 Å². The van der Waals surface area contributed by atoms with Crippen LogP contribution in [0.25, 0.3) is 0 Å². The highest BCUT2D eigenvalue weighted by Gasteiger charge is 2.55. The molecule has 0 amide bonds. The summed E-state index contributed by atoms with van der Waals surface area (Å²) in [5.41, 5.74) is 0.355. The van der Waals surface area contributed by atoms with Gasteiger partial charge in [0.25, 0.3) is 0 Å². The average Bonchev–Trinajstić information content (AvgIpc) is 2.42. The lowest BCUT2D eigenvalue weighted by Gasteiger charge is -2.54. The predicted molar refractivity (Wildman–Crippen MR) is 84.1 cm³/mol. The molecule has 1 fully saturated rings. The van der Waals surface area contributed by atoms with E-state index in [1.165, 1.54) is 20.5 Å². The summed E-state index contributed by atoms with van der Waals surface area (Å²) in [7, 11) is 1.38. The van der Waals surface area contributed by atoms with Crippen molar-refractivity contribution in [1.29, 1.82) is 0 Å². The Hall–Kier alpha value is -1.32. The van der Waals surface area contributed by atoms with Gasteiger partial charge in [-0.25, -0.2) is 0 Å². The summed E-state index contributed by atoms with van der Waals surface area (Å²) in [6.07, 6.45) is 6.53. The van der Waals surface area contributed by atoms with Crippen molar-refractivity contribution in [3.05, 3.63) is 11.6 Å². The smallest absolute Gasteiger partial charge is 0.309 e. The Labute approximate surface area is 133 Å². The highest BCUT2D eigenvalue weighted by Crippen LogP contribution is 2.55. The maximum absolute atomic E-state index is 12.0. The third-order valence-electron chi connectivity index (χ3n) is 5.73. The molecular formula is C18H28O4. The fourth-order valence-electron chi connectivity index (χ4n) is 4.53. The zero-order valence-corrected chi connectivity index (χ0v) is 14.4. The second-order valence-electron chi connectivity index (χ2n) is 7.45. The molecule has 1 saturated carbocycles. The predicted octanol–water partition coefficient (Wildman–Crippen LogP) is 3.64. The zero-order chi connectivity index (χ0) is 16.5. The summed E-state index contributed by atoms with van der Waals surface area (Å²) >= 11 is 0. The SMILES string of the molecule is COC(=O)C[C@]1(OC(C)=O)C(C)=CC[C@H]2[C@H]1CCCC2(C)C. The Morgan fingerprint density at radius 1 is 1.32 bits per heavy atom. The van der Waals surface area contributed by atoms with Crippen molar-refractivity contribution in [1.82, 2.24) is 0 Å². The van der Waals surface area contributed by atoms with Gasteiger partial charge < -0.3 is 9.47 Å². The monoisotopic (exact) mass is 308 g/mol. The number of carbonyl (C=O) groups excluding carboxylic acids is 2. The summed E-state index contributed by atoms with van der Waals surface area (Å²) in [6.45, 7) is 7.97. The van der Waals surface area contributed by atoms with Crippen LogP contribution in [0.15, 0.2) is 11.6 Å². The molecule has 0 aromatic heterocycles. The Morgan fingerprint density at radius 3 is 2.59 bits per heavy atom. The van der Waals surface area contributed by atoms with Crippen LogP contribution < -0.4 is 0 Å². The van der Waals surface area contributed by atoms with Gasteiger partial charge in [0.05, 0.1) is 13.5 Å². The van der Waals surface area contributed by atoms with Gasteiger partial charge in [-0.3, -0.25) is 9.59 Å². The molecule has 0 aromatic rings. The number of methoxy groups -OCH3 is 1. The molecule has 0 radical (unpaired) electrons. The molecule has 22 heavy (non-hydrogen) atoms. The molecule has 0 bridgehead atoms. The molecule has 0 aliphatic heterocycles. The molecular weight excluding hydrogens is 280 g/mol. The summed E-state index contributed by atoms with van der Waals surface area (Å²) in [5, 5.41) is 0. The number of allylic oxidation sites excluding steroid dienone is 1. The van der Waals surface area contributed by atoms with E-state index in [1.54, 1.807) is 0 Å². The standard InChI is InChI=1S/C18H28O4/c1-12-8-9-14-15(7-6-10-17(14,3)4)18(12,22-13(2)19)11-16(20)21-5/h8,14-15H,6-7,9-11H2,1-5H3/t14-,15+,18-/m0/s1. The molecule has 0 spiro atoms. The van der Waals surface area contributed by atoms with Crippen LogP contribution in [0.3, 0.4) is 0 Å². The third-order valence-corrected chi connectivity index (χ3v) is 5.73. The number of fused-ring (bicyclic) bond motifs is 1. The molecule has 2 aliphatic rings. The van der Waals surface area contributed by atoms with Gasteiger partial charge >= 0.3 is 11.9 Å². The minimum atomic E-state index is -0.834. The van der Waals surface area contributed by atoms with Crippen LogP contribution in [-0.2, 0) is 19.1 Å². The van der Waals surface area contributed by atoms with E-state index in [1.807, 2.05) is 6.92 Å². The summed E-state index contributed by atoms with van der Waals surface area (Å²) in [4.78, 5) is 23.8. The van der Waals surface area contributed by atoms with E-state index in [-0.39, 0.29) is 29.7 Å². The minimum Gasteiger partial charge on any atom is -0.469 e. The fourth-order valence-corrected chi connectivity index (χ4v) is 4.53. The van der Waals surface area contributed by atoms with Gasteiger partial charge in [0.1, 0.15) is 5.60 Å². The first-order valence-corrected chi connectivity index (χ1v) is 8.16. The van der Waals surface area contributed by atoms with Crippen molar-refractivity contribution in [2.24, 2.45) is 17.3 Å². The number of carbonyl (C=O) groups is 2. The number of hydrogen-bond donors (Lipinski definition) is 0. The lowest BCUT2D eigenvalue weighted by molar-refractivity contribution is -0.174. The third kappa shape index (κ3) is 2.92. The van der Waals surface area contributed by atoms with Crippen LogP contribution in [0.1, 0.15) is 59.8 Å². The zero-order valence-electron chi connectivity index (χ0n) is 14.4. The maximum Gasteiger partial charge on any atom is 0.309 e. The van der Waals surface area contributed by atoms with Crippen molar-refractivity contribution in [3.63, 3.8) is 0 Å². The Kier molecular flexibility index (Phi) is 4.69. The Bertz CT molecular complexity index is 491. The summed E-state index contributed by atoms with van der Waals surface area (Å²) in [5.74, 6) is -0.0445. The number of hydrogen-bond acceptors (Lipinski definition) is 4. The van der Waals surface area contributed by atoms with E-state index in [4.69, 9.17) is 9.47 Å². The molecule has 3 atom stereocenters. The van der Waals surface area contributed by atoms with E-state index in [0.29, 0.717) is 5.92 Å². The molecule has 0 saturated heterocycles. The van der Waals surface area contributed by atoms with Crippen LogP contribution >= 0.6 is 0 Å². The first kappa shape index (κ1) is 17.0. The average molecular weight is 308 g/mol. The summed E-state index contributed by atoms with van der Waals surface area (Å²) in [6, 6.07) is 0. The molecule has 2 aliphatic carbocycles. The molecule has 0 N–H and O–H groups in total. The van der Waals surface area contributed by atoms with E-state index in [9.17, 15) is 9.59 Å². The van der Waals surface area contributed by atoms with E-state index in [2.05, 4.69) is 19.9 Å². The van der Waals surface area contributed by atoms with E-state index >= 15 is 0 Å². The molecule has 124 valence electrons. The van der Waals surface area contributed by atoms with Gasteiger partial charge in [0.15, 0.2) is 0 Å². The van der Waals surface area contributed by atoms with Gasteiger partial charge in [-0.1, -0.05) is 26.3 Å². The van der Waals surface area contributed by atoms with Crippen molar-refractivity contribution in [2.45, 2.75) is 65.4 Å². The van der Waals surface area contributed by atoms with Crippen LogP contribution in [0.4, 0.5) is 0 Å². The number of esters is 2. The van der Waals surface area contributed by atoms with Crippen LogP contribution in [-0.4, -0.2) is 24.6 Å². The molecule has 2 rings (SSSR count). The normalized spacial score (nSPS) is 33.4. The number of rotatable bonds is 3. The molecule has 0 unspecified atom stereocenters. The Morgan fingerprint density at radius 2 is 2.00 bits per heavy atom. The van der Waals surface area contributed by atoms with Crippen LogP contribution in [0, 0.1) is 17.3 Å². The first-order valence-electron chi connectivity index (χ1n) is 8.16. The Balaban J connectivity index is 2.47. The van der Waals surface area contributed by atoms with Crippen LogP contribution in [0.5, 0.6) is 0 Å². The summed E-state index contributed by atoms with van der Waals surface area (Å²) < 4.78 is 10.7.